The minimum absolute atomic E-state index is 0.113. The number of hydrogen-bond acceptors (Lipinski definition) is 4. The van der Waals surface area contributed by atoms with Gasteiger partial charge in [0.2, 0.25) is 0 Å². The number of ketones is 1. The Morgan fingerprint density at radius 2 is 1.71 bits per heavy atom. The quantitative estimate of drug-likeness (QED) is 0.757. The van der Waals surface area contributed by atoms with Gasteiger partial charge in [0.1, 0.15) is 5.75 Å². The average molecular weight is 326 g/mol. The summed E-state index contributed by atoms with van der Waals surface area (Å²) < 4.78 is 5.21. The van der Waals surface area contributed by atoms with Gasteiger partial charge >= 0.3 is 0 Å². The SMILES string of the molecule is COc1ccc(C(CNCC(=O)c2ccc(C)cc2)N(C)C)cc1. The number of ether oxygens (including phenoxy) is 1. The normalized spacial score (nSPS) is 12.2. The van der Waals surface area contributed by atoms with Gasteiger partial charge < -0.3 is 15.0 Å². The lowest BCUT2D eigenvalue weighted by atomic mass is 10.1. The second-order valence-corrected chi connectivity index (χ2v) is 6.17. The van der Waals surface area contributed by atoms with Gasteiger partial charge in [0.25, 0.3) is 0 Å². The van der Waals surface area contributed by atoms with E-state index < -0.39 is 0 Å². The van der Waals surface area contributed by atoms with E-state index in [9.17, 15) is 4.79 Å². The molecule has 4 heteroatoms. The van der Waals surface area contributed by atoms with Gasteiger partial charge in [-0.15, -0.1) is 0 Å². The highest BCUT2D eigenvalue weighted by Crippen LogP contribution is 2.20. The molecular weight excluding hydrogens is 300 g/mol. The molecule has 0 saturated carbocycles. The number of nitrogens with one attached hydrogen (secondary N) is 1. The molecule has 0 aliphatic rings. The van der Waals surface area contributed by atoms with Gasteiger partial charge in [0.15, 0.2) is 5.78 Å². The molecular formula is C20H26N2O2. The first-order valence-corrected chi connectivity index (χ1v) is 8.12. The van der Waals surface area contributed by atoms with Crippen LogP contribution in [0.3, 0.4) is 0 Å². The van der Waals surface area contributed by atoms with Crippen LogP contribution in [0.25, 0.3) is 0 Å². The van der Waals surface area contributed by atoms with Crippen molar-refractivity contribution in [2.24, 2.45) is 0 Å². The fourth-order valence-corrected chi connectivity index (χ4v) is 2.59. The zero-order valence-corrected chi connectivity index (χ0v) is 14.9. The van der Waals surface area contributed by atoms with Crippen molar-refractivity contribution in [3.05, 3.63) is 65.2 Å². The Labute approximate surface area is 144 Å². The predicted octanol–water partition coefficient (Wildman–Crippen LogP) is 3.08. The third-order valence-corrected chi connectivity index (χ3v) is 4.12. The van der Waals surface area contributed by atoms with Gasteiger partial charge in [-0.05, 0) is 38.7 Å². The Morgan fingerprint density at radius 3 is 2.25 bits per heavy atom. The van der Waals surface area contributed by atoms with Gasteiger partial charge in [-0.3, -0.25) is 4.79 Å². The molecule has 4 nitrogen and oxygen atoms in total. The number of aryl methyl sites for hydroxylation is 1. The molecule has 2 aromatic carbocycles. The summed E-state index contributed by atoms with van der Waals surface area (Å²) in [6.07, 6.45) is 0. The lowest BCUT2D eigenvalue weighted by Crippen LogP contribution is -2.33. The molecule has 0 heterocycles. The maximum atomic E-state index is 12.2. The Kier molecular flexibility index (Phi) is 6.53. The molecule has 0 radical (unpaired) electrons. The maximum Gasteiger partial charge on any atom is 0.176 e. The Balaban J connectivity index is 1.93. The van der Waals surface area contributed by atoms with E-state index in [4.69, 9.17) is 4.74 Å². The molecule has 1 N–H and O–H groups in total. The van der Waals surface area contributed by atoms with Gasteiger partial charge in [-0.25, -0.2) is 0 Å². The highest BCUT2D eigenvalue weighted by atomic mass is 16.5. The molecule has 1 unspecified atom stereocenters. The number of nitrogens with zero attached hydrogens (tertiary/aromatic N) is 1. The zero-order valence-electron chi connectivity index (χ0n) is 14.9. The van der Waals surface area contributed by atoms with Crippen LogP contribution in [-0.4, -0.2) is 45.0 Å². The first kappa shape index (κ1) is 18.2. The largest absolute Gasteiger partial charge is 0.497 e. The fraction of sp³-hybridized carbons (Fsp3) is 0.350. The Hall–Kier alpha value is -2.17. The van der Waals surface area contributed by atoms with Crippen molar-refractivity contribution in [3.63, 3.8) is 0 Å². The van der Waals surface area contributed by atoms with Crippen LogP contribution in [0.4, 0.5) is 0 Å². The molecule has 2 rings (SSSR count). The van der Waals surface area contributed by atoms with Crippen LogP contribution in [0.1, 0.15) is 27.5 Å². The van der Waals surface area contributed by atoms with Crippen molar-refractivity contribution >= 4 is 5.78 Å². The smallest absolute Gasteiger partial charge is 0.176 e. The summed E-state index contributed by atoms with van der Waals surface area (Å²) in [7, 11) is 5.74. The summed E-state index contributed by atoms with van der Waals surface area (Å²) in [5.74, 6) is 0.959. The summed E-state index contributed by atoms with van der Waals surface area (Å²) in [4.78, 5) is 14.4. The lowest BCUT2D eigenvalue weighted by Gasteiger charge is -2.25. The van der Waals surface area contributed by atoms with E-state index in [2.05, 4.69) is 22.3 Å². The molecule has 0 aliphatic carbocycles. The van der Waals surface area contributed by atoms with Crippen molar-refractivity contribution in [3.8, 4) is 5.75 Å². The third kappa shape index (κ3) is 4.91. The highest BCUT2D eigenvalue weighted by Gasteiger charge is 2.15. The van der Waals surface area contributed by atoms with E-state index in [-0.39, 0.29) is 11.8 Å². The summed E-state index contributed by atoms with van der Waals surface area (Å²) in [5, 5.41) is 3.28. The van der Waals surface area contributed by atoms with Crippen LogP contribution in [0.2, 0.25) is 0 Å². The van der Waals surface area contributed by atoms with Crippen LogP contribution < -0.4 is 10.1 Å². The Morgan fingerprint density at radius 1 is 1.08 bits per heavy atom. The monoisotopic (exact) mass is 326 g/mol. The second kappa shape index (κ2) is 8.62. The number of rotatable bonds is 8. The lowest BCUT2D eigenvalue weighted by molar-refractivity contribution is 0.0988. The van der Waals surface area contributed by atoms with E-state index >= 15 is 0 Å². The van der Waals surface area contributed by atoms with Crippen LogP contribution in [0, 0.1) is 6.92 Å². The van der Waals surface area contributed by atoms with E-state index in [0.717, 1.165) is 16.9 Å². The minimum Gasteiger partial charge on any atom is -0.497 e. The summed E-state index contributed by atoms with van der Waals surface area (Å²) in [5.41, 5.74) is 3.10. The fourth-order valence-electron chi connectivity index (χ4n) is 2.59. The first-order chi connectivity index (χ1) is 11.5. The van der Waals surface area contributed by atoms with E-state index in [1.165, 1.54) is 5.56 Å². The molecule has 0 fully saturated rings. The number of carbonyl (C=O) groups excluding carboxylic acids is 1. The number of likely N-dealkylation sites (N-methyl/N-ethyl adjacent to an activating group) is 1. The average Bonchev–Trinajstić information content (AvgIpc) is 2.59. The second-order valence-electron chi connectivity index (χ2n) is 6.17. The summed E-state index contributed by atoms with van der Waals surface area (Å²) in [6.45, 7) is 3.06. The van der Waals surface area contributed by atoms with Crippen molar-refractivity contribution in [2.75, 3.05) is 34.3 Å². The van der Waals surface area contributed by atoms with Crippen molar-refractivity contribution in [2.45, 2.75) is 13.0 Å². The number of benzene rings is 2. The van der Waals surface area contributed by atoms with Crippen LogP contribution >= 0.6 is 0 Å². The van der Waals surface area contributed by atoms with Crippen LogP contribution in [0.15, 0.2) is 48.5 Å². The molecule has 0 aromatic heterocycles. The van der Waals surface area contributed by atoms with Gasteiger partial charge in [0.05, 0.1) is 13.7 Å². The standard InChI is InChI=1S/C20H26N2O2/c1-15-5-7-17(8-6-15)20(23)14-21-13-19(22(2)3)16-9-11-18(24-4)12-10-16/h5-12,19,21H,13-14H2,1-4H3. The molecule has 0 saturated heterocycles. The molecule has 2 aromatic rings. The van der Waals surface area contributed by atoms with Crippen molar-refractivity contribution < 1.29 is 9.53 Å². The molecule has 0 bridgehead atoms. The third-order valence-electron chi connectivity index (χ3n) is 4.12. The first-order valence-electron chi connectivity index (χ1n) is 8.12. The molecule has 0 spiro atoms. The number of Topliss-reactive ketones (excluding diaryl/α,β-unsaturated/α-hetero) is 1. The van der Waals surface area contributed by atoms with E-state index in [1.54, 1.807) is 7.11 Å². The van der Waals surface area contributed by atoms with Crippen LogP contribution in [0.5, 0.6) is 5.75 Å². The molecule has 1 atom stereocenters. The van der Waals surface area contributed by atoms with E-state index in [0.29, 0.717) is 13.1 Å². The van der Waals surface area contributed by atoms with Gasteiger partial charge in [-0.2, -0.15) is 0 Å². The van der Waals surface area contributed by atoms with Gasteiger partial charge in [-0.1, -0.05) is 42.0 Å². The Bertz CT molecular complexity index is 648. The number of methoxy groups -OCH3 is 1. The van der Waals surface area contributed by atoms with Crippen LogP contribution in [-0.2, 0) is 0 Å². The molecule has 24 heavy (non-hydrogen) atoms. The molecule has 0 amide bonds. The zero-order chi connectivity index (χ0) is 17.5. The highest BCUT2D eigenvalue weighted by molar-refractivity contribution is 5.97. The summed E-state index contributed by atoms with van der Waals surface area (Å²) >= 11 is 0. The van der Waals surface area contributed by atoms with E-state index in [1.807, 2.05) is 57.4 Å². The van der Waals surface area contributed by atoms with Crippen molar-refractivity contribution in [1.82, 2.24) is 10.2 Å². The van der Waals surface area contributed by atoms with Gasteiger partial charge in [0, 0.05) is 18.2 Å². The summed E-state index contributed by atoms with van der Waals surface area (Å²) in [6, 6.07) is 15.9. The molecule has 128 valence electrons. The minimum atomic E-state index is 0.113. The number of hydrogen-bond donors (Lipinski definition) is 1. The topological polar surface area (TPSA) is 41.6 Å². The predicted molar refractivity (Wildman–Crippen MR) is 97.8 cm³/mol. The number of carbonyl (C=O) groups is 1. The molecule has 0 aliphatic heterocycles. The maximum absolute atomic E-state index is 12.2. The van der Waals surface area contributed by atoms with Crippen molar-refractivity contribution in [1.29, 1.82) is 0 Å².